The van der Waals surface area contributed by atoms with Gasteiger partial charge in [-0.05, 0) is 33.2 Å². The topological polar surface area (TPSA) is 32.3 Å². The van der Waals surface area contributed by atoms with E-state index in [2.05, 4.69) is 24.2 Å². The van der Waals surface area contributed by atoms with Gasteiger partial charge in [-0.15, -0.1) is 0 Å². The van der Waals surface area contributed by atoms with Gasteiger partial charge < -0.3 is 10.2 Å². The van der Waals surface area contributed by atoms with Crippen molar-refractivity contribution in [2.24, 2.45) is 5.41 Å². The Kier molecular flexibility index (Phi) is 2.06. The fourth-order valence-corrected chi connectivity index (χ4v) is 2.69. The molecule has 0 aliphatic carbocycles. The zero-order valence-electron chi connectivity index (χ0n) is 8.47. The van der Waals surface area contributed by atoms with Crippen LogP contribution in [0.3, 0.4) is 0 Å². The summed E-state index contributed by atoms with van der Waals surface area (Å²) in [5.74, 6) is 0.287. The van der Waals surface area contributed by atoms with Crippen molar-refractivity contribution in [1.29, 1.82) is 0 Å². The Bertz CT molecular complexity index is 217. The Morgan fingerprint density at radius 3 is 2.92 bits per heavy atom. The van der Waals surface area contributed by atoms with Gasteiger partial charge in [-0.25, -0.2) is 0 Å². The molecule has 0 aromatic heterocycles. The maximum atomic E-state index is 11.8. The van der Waals surface area contributed by atoms with Gasteiger partial charge in [0.05, 0.1) is 5.41 Å². The normalized spacial score (nSPS) is 41.1. The van der Waals surface area contributed by atoms with Gasteiger partial charge in [-0.1, -0.05) is 0 Å². The van der Waals surface area contributed by atoms with Crippen molar-refractivity contribution in [3.8, 4) is 0 Å². The fourth-order valence-electron chi connectivity index (χ4n) is 2.69. The minimum Gasteiger partial charge on any atom is -0.356 e. The monoisotopic (exact) mass is 182 g/mol. The van der Waals surface area contributed by atoms with Gasteiger partial charge >= 0.3 is 0 Å². The smallest absolute Gasteiger partial charge is 0.227 e. The van der Waals surface area contributed by atoms with E-state index in [0.717, 1.165) is 32.4 Å². The molecule has 1 amide bonds. The fraction of sp³-hybridized carbons (Fsp3) is 0.900. The molecule has 2 saturated heterocycles. The molecule has 2 rings (SSSR count). The molecule has 13 heavy (non-hydrogen) atoms. The van der Waals surface area contributed by atoms with E-state index in [4.69, 9.17) is 0 Å². The number of nitrogens with one attached hydrogen (secondary N) is 1. The summed E-state index contributed by atoms with van der Waals surface area (Å²) < 4.78 is 0. The number of amides is 1. The molecule has 0 aromatic carbocycles. The number of carbonyl (C=O) groups is 1. The third-order valence-electron chi connectivity index (χ3n) is 3.59. The van der Waals surface area contributed by atoms with Crippen molar-refractivity contribution in [3.63, 3.8) is 0 Å². The minimum absolute atomic E-state index is 0.0492. The van der Waals surface area contributed by atoms with Crippen molar-refractivity contribution in [3.05, 3.63) is 0 Å². The molecule has 2 heterocycles. The SMILES string of the molecule is CC1CC2(CCCNC2=O)CN1C. The highest BCUT2D eigenvalue weighted by Gasteiger charge is 2.47. The van der Waals surface area contributed by atoms with Crippen LogP contribution >= 0.6 is 0 Å². The molecule has 3 heteroatoms. The third-order valence-corrected chi connectivity index (χ3v) is 3.59. The molecular formula is C10H18N2O. The van der Waals surface area contributed by atoms with Crippen molar-refractivity contribution < 1.29 is 4.79 Å². The predicted molar refractivity (Wildman–Crippen MR) is 51.4 cm³/mol. The lowest BCUT2D eigenvalue weighted by atomic mass is 9.78. The van der Waals surface area contributed by atoms with Crippen LogP contribution < -0.4 is 5.32 Å². The first kappa shape index (κ1) is 9.00. The summed E-state index contributed by atoms with van der Waals surface area (Å²) in [4.78, 5) is 14.1. The predicted octanol–water partition coefficient (Wildman–Crippen LogP) is 0.607. The van der Waals surface area contributed by atoms with Crippen LogP contribution in [-0.4, -0.2) is 37.0 Å². The molecule has 0 bridgehead atoms. The van der Waals surface area contributed by atoms with E-state index in [-0.39, 0.29) is 11.3 Å². The quantitative estimate of drug-likeness (QED) is 0.595. The Hall–Kier alpha value is -0.570. The summed E-state index contributed by atoms with van der Waals surface area (Å²) >= 11 is 0. The second kappa shape index (κ2) is 2.98. The number of nitrogens with zero attached hydrogens (tertiary/aromatic N) is 1. The van der Waals surface area contributed by atoms with Crippen molar-refractivity contribution >= 4 is 5.91 Å². The van der Waals surface area contributed by atoms with Crippen LogP contribution in [-0.2, 0) is 4.79 Å². The molecule has 74 valence electrons. The van der Waals surface area contributed by atoms with Gasteiger partial charge in [0.2, 0.25) is 5.91 Å². The molecule has 2 aliphatic rings. The van der Waals surface area contributed by atoms with Crippen LogP contribution in [0.4, 0.5) is 0 Å². The zero-order chi connectivity index (χ0) is 9.47. The molecule has 3 nitrogen and oxygen atoms in total. The van der Waals surface area contributed by atoms with E-state index in [1.54, 1.807) is 0 Å². The van der Waals surface area contributed by atoms with E-state index in [1.165, 1.54) is 0 Å². The highest BCUT2D eigenvalue weighted by Crippen LogP contribution is 2.39. The first-order valence-corrected chi connectivity index (χ1v) is 5.13. The van der Waals surface area contributed by atoms with Gasteiger partial charge in [0.1, 0.15) is 0 Å². The van der Waals surface area contributed by atoms with Gasteiger partial charge in [0, 0.05) is 19.1 Å². The Morgan fingerprint density at radius 1 is 1.62 bits per heavy atom. The molecule has 0 radical (unpaired) electrons. The number of piperidine rings is 1. The first-order chi connectivity index (χ1) is 6.14. The lowest BCUT2D eigenvalue weighted by Crippen LogP contribution is -2.47. The molecule has 1 N–H and O–H groups in total. The molecule has 1 spiro atoms. The van der Waals surface area contributed by atoms with Gasteiger partial charge in [-0.3, -0.25) is 4.79 Å². The standard InChI is InChI=1S/C10H18N2O/c1-8-6-10(7-12(8)2)4-3-5-11-9(10)13/h8H,3-7H2,1-2H3,(H,11,13). The van der Waals surface area contributed by atoms with E-state index in [0.29, 0.717) is 6.04 Å². The second-order valence-corrected chi connectivity index (χ2v) is 4.61. The van der Waals surface area contributed by atoms with Crippen LogP contribution in [0.2, 0.25) is 0 Å². The first-order valence-electron chi connectivity index (χ1n) is 5.13. The highest BCUT2D eigenvalue weighted by atomic mass is 16.2. The van der Waals surface area contributed by atoms with Crippen LogP contribution in [0, 0.1) is 5.41 Å². The van der Waals surface area contributed by atoms with Crippen LogP contribution in [0.1, 0.15) is 26.2 Å². The molecular weight excluding hydrogens is 164 g/mol. The summed E-state index contributed by atoms with van der Waals surface area (Å²) in [5.41, 5.74) is -0.0492. The summed E-state index contributed by atoms with van der Waals surface area (Å²) in [6.07, 6.45) is 3.26. The zero-order valence-corrected chi connectivity index (χ0v) is 8.47. The maximum absolute atomic E-state index is 11.8. The maximum Gasteiger partial charge on any atom is 0.227 e. The Morgan fingerprint density at radius 2 is 2.38 bits per heavy atom. The minimum atomic E-state index is -0.0492. The lowest BCUT2D eigenvalue weighted by molar-refractivity contribution is -0.132. The van der Waals surface area contributed by atoms with Gasteiger partial charge in [-0.2, -0.15) is 0 Å². The summed E-state index contributed by atoms with van der Waals surface area (Å²) in [7, 11) is 2.11. The summed E-state index contributed by atoms with van der Waals surface area (Å²) in [5, 5.41) is 2.99. The Balaban J connectivity index is 2.16. The molecule has 2 fully saturated rings. The number of hydrogen-bond donors (Lipinski definition) is 1. The largest absolute Gasteiger partial charge is 0.356 e. The highest BCUT2D eigenvalue weighted by molar-refractivity contribution is 5.84. The number of likely N-dealkylation sites (tertiary alicyclic amines) is 1. The van der Waals surface area contributed by atoms with E-state index >= 15 is 0 Å². The number of carbonyl (C=O) groups excluding carboxylic acids is 1. The summed E-state index contributed by atoms with van der Waals surface area (Å²) in [6, 6.07) is 0.559. The van der Waals surface area contributed by atoms with Crippen LogP contribution in [0.25, 0.3) is 0 Å². The van der Waals surface area contributed by atoms with Gasteiger partial charge in [0.25, 0.3) is 0 Å². The van der Waals surface area contributed by atoms with Crippen molar-refractivity contribution in [2.45, 2.75) is 32.2 Å². The molecule has 2 atom stereocenters. The molecule has 2 aliphatic heterocycles. The average Bonchev–Trinajstić information content (AvgIpc) is 2.36. The molecule has 2 unspecified atom stereocenters. The summed E-state index contributed by atoms with van der Waals surface area (Å²) in [6.45, 7) is 4.02. The number of hydrogen-bond acceptors (Lipinski definition) is 2. The van der Waals surface area contributed by atoms with E-state index in [9.17, 15) is 4.79 Å². The molecule has 0 saturated carbocycles. The third kappa shape index (κ3) is 1.35. The average molecular weight is 182 g/mol. The van der Waals surface area contributed by atoms with Crippen LogP contribution in [0.5, 0.6) is 0 Å². The Labute approximate surface area is 79.5 Å². The van der Waals surface area contributed by atoms with Crippen molar-refractivity contribution in [2.75, 3.05) is 20.1 Å². The number of rotatable bonds is 0. The lowest BCUT2D eigenvalue weighted by Gasteiger charge is -2.31. The van der Waals surface area contributed by atoms with E-state index < -0.39 is 0 Å². The molecule has 0 aromatic rings. The van der Waals surface area contributed by atoms with Gasteiger partial charge in [0.15, 0.2) is 0 Å². The van der Waals surface area contributed by atoms with Crippen LogP contribution in [0.15, 0.2) is 0 Å². The van der Waals surface area contributed by atoms with E-state index in [1.807, 2.05) is 0 Å². The second-order valence-electron chi connectivity index (χ2n) is 4.61. The van der Waals surface area contributed by atoms with Crippen molar-refractivity contribution in [1.82, 2.24) is 10.2 Å².